The van der Waals surface area contributed by atoms with E-state index in [9.17, 15) is 9.59 Å². The van der Waals surface area contributed by atoms with Crippen LogP contribution in [0.5, 0.6) is 0 Å². The van der Waals surface area contributed by atoms with Crippen molar-refractivity contribution in [1.29, 1.82) is 0 Å². The summed E-state index contributed by atoms with van der Waals surface area (Å²) in [4.78, 5) is 33.1. The van der Waals surface area contributed by atoms with Crippen LogP contribution in [0, 0.1) is 0 Å². The van der Waals surface area contributed by atoms with Crippen LogP contribution in [0.4, 0.5) is 0 Å². The Morgan fingerprint density at radius 1 is 1.07 bits per heavy atom. The number of guanidine groups is 1. The third-order valence-corrected chi connectivity index (χ3v) is 4.95. The van der Waals surface area contributed by atoms with Gasteiger partial charge in [0.25, 0.3) is 11.8 Å². The number of amides is 2. The van der Waals surface area contributed by atoms with Gasteiger partial charge in [-0.25, -0.2) is 0 Å². The maximum absolute atomic E-state index is 12.4. The molecule has 1 saturated heterocycles. The first-order chi connectivity index (χ1) is 14.6. The second-order valence-electron chi connectivity index (χ2n) is 6.76. The van der Waals surface area contributed by atoms with Crippen molar-refractivity contribution in [1.82, 2.24) is 20.4 Å². The average molecular weight is 432 g/mol. The molecule has 2 heterocycles. The summed E-state index contributed by atoms with van der Waals surface area (Å²) >= 11 is 5.85. The maximum Gasteiger partial charge on any atom is 0.289 e. The summed E-state index contributed by atoms with van der Waals surface area (Å²) in [6.07, 6.45) is 1.51. The van der Waals surface area contributed by atoms with E-state index in [2.05, 4.69) is 20.5 Å². The second-order valence-corrected chi connectivity index (χ2v) is 7.19. The normalized spacial score (nSPS) is 14.5. The molecule has 1 aliphatic heterocycles. The minimum Gasteiger partial charge on any atom is -0.459 e. The third-order valence-electron chi connectivity index (χ3n) is 4.70. The van der Waals surface area contributed by atoms with Gasteiger partial charge in [-0.05, 0) is 43.3 Å². The van der Waals surface area contributed by atoms with E-state index in [1.54, 1.807) is 41.3 Å². The summed E-state index contributed by atoms with van der Waals surface area (Å²) in [5.74, 6) is 0.896. The zero-order chi connectivity index (χ0) is 21.3. The highest BCUT2D eigenvalue weighted by atomic mass is 35.5. The average Bonchev–Trinajstić information content (AvgIpc) is 3.31. The molecule has 8 nitrogen and oxygen atoms in total. The molecule has 0 unspecified atom stereocenters. The fraction of sp³-hybridized carbons (Fsp3) is 0.381. The third kappa shape index (κ3) is 5.76. The molecule has 2 N–H and O–H groups in total. The molecule has 1 fully saturated rings. The molecule has 0 bridgehead atoms. The number of halogens is 1. The molecule has 9 heteroatoms. The first-order valence-corrected chi connectivity index (χ1v) is 10.4. The zero-order valence-corrected chi connectivity index (χ0v) is 17.7. The Balaban J connectivity index is 1.48. The molecule has 1 aromatic carbocycles. The van der Waals surface area contributed by atoms with Crippen molar-refractivity contribution in [2.45, 2.75) is 6.92 Å². The molecule has 0 radical (unpaired) electrons. The number of benzene rings is 1. The molecule has 0 aliphatic carbocycles. The summed E-state index contributed by atoms with van der Waals surface area (Å²) in [7, 11) is 0. The van der Waals surface area contributed by atoms with Crippen LogP contribution in [0.1, 0.15) is 27.8 Å². The van der Waals surface area contributed by atoms with Gasteiger partial charge in [0, 0.05) is 49.9 Å². The van der Waals surface area contributed by atoms with E-state index in [1.165, 1.54) is 6.26 Å². The zero-order valence-electron chi connectivity index (χ0n) is 16.9. The summed E-state index contributed by atoms with van der Waals surface area (Å²) in [6.45, 7) is 6.16. The molecular formula is C21H26ClN5O3. The van der Waals surface area contributed by atoms with Gasteiger partial charge in [-0.2, -0.15) is 0 Å². The van der Waals surface area contributed by atoms with E-state index in [4.69, 9.17) is 16.0 Å². The number of nitrogens with zero attached hydrogens (tertiary/aromatic N) is 3. The Morgan fingerprint density at radius 2 is 1.77 bits per heavy atom. The number of aliphatic imine (C=N–C) groups is 1. The quantitative estimate of drug-likeness (QED) is 0.415. The fourth-order valence-corrected chi connectivity index (χ4v) is 3.26. The molecule has 2 amide bonds. The van der Waals surface area contributed by atoms with Gasteiger partial charge in [-0.1, -0.05) is 11.6 Å². The van der Waals surface area contributed by atoms with Crippen molar-refractivity contribution in [3.8, 4) is 0 Å². The standard InChI is InChI=1S/C21H26ClN5O3/c1-2-23-21(25-10-9-24-19(28)16-5-7-17(22)8-6-16)27-13-11-26(12-14-27)20(29)18-4-3-15-30-18/h3-8,15H,2,9-14H2,1H3,(H,23,25)(H,24,28). The van der Waals surface area contributed by atoms with Crippen LogP contribution in [0.3, 0.4) is 0 Å². The van der Waals surface area contributed by atoms with Crippen molar-refractivity contribution in [2.75, 3.05) is 45.8 Å². The van der Waals surface area contributed by atoms with Crippen LogP contribution >= 0.6 is 11.6 Å². The second kappa shape index (κ2) is 10.7. The topological polar surface area (TPSA) is 90.2 Å². The van der Waals surface area contributed by atoms with Gasteiger partial charge in [-0.3, -0.25) is 14.6 Å². The van der Waals surface area contributed by atoms with Crippen LogP contribution < -0.4 is 10.6 Å². The van der Waals surface area contributed by atoms with E-state index in [1.807, 2.05) is 6.92 Å². The minimum absolute atomic E-state index is 0.0912. The monoisotopic (exact) mass is 431 g/mol. The number of carbonyl (C=O) groups excluding carboxylic acids is 2. The molecule has 1 aliphatic rings. The summed E-state index contributed by atoms with van der Waals surface area (Å²) in [5.41, 5.74) is 0.563. The predicted molar refractivity (Wildman–Crippen MR) is 116 cm³/mol. The van der Waals surface area contributed by atoms with Crippen LogP contribution in [-0.4, -0.2) is 73.4 Å². The Kier molecular flexibility index (Phi) is 7.73. The van der Waals surface area contributed by atoms with Crippen molar-refractivity contribution >= 4 is 29.4 Å². The SMILES string of the molecule is CCNC(=NCCNC(=O)c1ccc(Cl)cc1)N1CCN(C(=O)c2ccco2)CC1. The Morgan fingerprint density at radius 3 is 2.40 bits per heavy atom. The highest BCUT2D eigenvalue weighted by Gasteiger charge is 2.25. The van der Waals surface area contributed by atoms with E-state index in [0.29, 0.717) is 55.6 Å². The first-order valence-electron chi connectivity index (χ1n) is 9.98. The summed E-state index contributed by atoms with van der Waals surface area (Å²) in [6, 6.07) is 10.1. The molecule has 160 valence electrons. The largest absolute Gasteiger partial charge is 0.459 e. The van der Waals surface area contributed by atoms with Crippen LogP contribution in [0.2, 0.25) is 5.02 Å². The lowest BCUT2D eigenvalue weighted by atomic mass is 10.2. The van der Waals surface area contributed by atoms with E-state index >= 15 is 0 Å². The van der Waals surface area contributed by atoms with Gasteiger partial charge in [0.1, 0.15) is 0 Å². The van der Waals surface area contributed by atoms with Crippen molar-refractivity contribution in [3.05, 3.63) is 59.0 Å². The van der Waals surface area contributed by atoms with Crippen molar-refractivity contribution in [2.24, 2.45) is 4.99 Å². The molecular weight excluding hydrogens is 406 g/mol. The fourth-order valence-electron chi connectivity index (χ4n) is 3.14. The van der Waals surface area contributed by atoms with Gasteiger partial charge in [0.2, 0.25) is 0 Å². The van der Waals surface area contributed by atoms with Crippen molar-refractivity contribution < 1.29 is 14.0 Å². The number of nitrogens with one attached hydrogen (secondary N) is 2. The number of rotatable bonds is 6. The lowest BCUT2D eigenvalue weighted by molar-refractivity contribution is 0.0657. The number of piperazine rings is 1. The smallest absolute Gasteiger partial charge is 0.289 e. The predicted octanol–water partition coefficient (Wildman–Crippen LogP) is 2.09. The van der Waals surface area contributed by atoms with E-state index in [0.717, 1.165) is 12.5 Å². The number of hydrogen-bond donors (Lipinski definition) is 2. The van der Waals surface area contributed by atoms with Crippen molar-refractivity contribution in [3.63, 3.8) is 0 Å². The van der Waals surface area contributed by atoms with Gasteiger partial charge in [-0.15, -0.1) is 0 Å². The number of carbonyl (C=O) groups is 2. The van der Waals surface area contributed by atoms with Gasteiger partial charge < -0.3 is 24.9 Å². The van der Waals surface area contributed by atoms with Crippen LogP contribution in [-0.2, 0) is 0 Å². The maximum atomic E-state index is 12.4. The molecule has 0 spiro atoms. The Hall–Kier alpha value is -3.00. The van der Waals surface area contributed by atoms with E-state index in [-0.39, 0.29) is 11.8 Å². The molecule has 2 aromatic rings. The lowest BCUT2D eigenvalue weighted by Crippen LogP contribution is -2.53. The van der Waals surface area contributed by atoms with Gasteiger partial charge >= 0.3 is 0 Å². The van der Waals surface area contributed by atoms with Gasteiger partial charge in [0.05, 0.1) is 12.8 Å². The van der Waals surface area contributed by atoms with Gasteiger partial charge in [0.15, 0.2) is 11.7 Å². The summed E-state index contributed by atoms with van der Waals surface area (Å²) in [5, 5.41) is 6.73. The summed E-state index contributed by atoms with van der Waals surface area (Å²) < 4.78 is 5.20. The molecule has 3 rings (SSSR count). The van der Waals surface area contributed by atoms with Crippen LogP contribution in [0.15, 0.2) is 52.1 Å². The number of hydrogen-bond acceptors (Lipinski definition) is 4. The highest BCUT2D eigenvalue weighted by molar-refractivity contribution is 6.30. The Labute approximate surface area is 180 Å². The lowest BCUT2D eigenvalue weighted by Gasteiger charge is -2.36. The van der Waals surface area contributed by atoms with Crippen LogP contribution in [0.25, 0.3) is 0 Å². The molecule has 0 atom stereocenters. The molecule has 0 saturated carbocycles. The molecule has 30 heavy (non-hydrogen) atoms. The molecule has 1 aromatic heterocycles. The van der Waals surface area contributed by atoms with E-state index < -0.39 is 0 Å². The minimum atomic E-state index is -0.156. The Bertz CT molecular complexity index is 859. The first kappa shape index (κ1) is 21.7. The highest BCUT2D eigenvalue weighted by Crippen LogP contribution is 2.10. The number of furan rings is 1.